The third kappa shape index (κ3) is 1.61. The van der Waals surface area contributed by atoms with Gasteiger partial charge in [0.2, 0.25) is 0 Å². The fourth-order valence-corrected chi connectivity index (χ4v) is 1.36. The fraction of sp³-hybridized carbons (Fsp3) is 0.222. The first kappa shape index (κ1) is 9.45. The van der Waals surface area contributed by atoms with Crippen molar-refractivity contribution >= 4 is 12.0 Å². The molecule has 0 radical (unpaired) electrons. The number of carbonyl (C=O) groups excluding carboxylic acids is 1. The molecule has 0 unspecified atom stereocenters. The number of benzene rings is 1. The van der Waals surface area contributed by atoms with Crippen molar-refractivity contribution < 1.29 is 19.2 Å². The number of aldehydes is 1. The lowest BCUT2D eigenvalue weighted by atomic mass is 10.1. The number of non-ortho nitro benzene ring substituents is 1. The Hall–Kier alpha value is -2.11. The average Bonchev–Trinajstić information content (AvgIpc) is 2.27. The number of ether oxygens (including phenoxy) is 2. The second kappa shape index (κ2) is 3.56. The molecule has 6 nitrogen and oxygen atoms in total. The Labute approximate surface area is 84.6 Å². The molecule has 2 rings (SSSR count). The van der Waals surface area contributed by atoms with Crippen molar-refractivity contribution in [1.29, 1.82) is 0 Å². The van der Waals surface area contributed by atoms with Crippen LogP contribution in [0.4, 0.5) is 5.69 Å². The summed E-state index contributed by atoms with van der Waals surface area (Å²) in [6.45, 7) is 0.665. The Morgan fingerprint density at radius 3 is 2.73 bits per heavy atom. The highest BCUT2D eigenvalue weighted by Crippen LogP contribution is 2.36. The number of nitro groups is 1. The largest absolute Gasteiger partial charge is 0.486 e. The van der Waals surface area contributed by atoms with E-state index in [1.165, 1.54) is 12.1 Å². The van der Waals surface area contributed by atoms with Gasteiger partial charge in [-0.15, -0.1) is 0 Å². The predicted octanol–water partition coefficient (Wildman–Crippen LogP) is 1.18. The van der Waals surface area contributed by atoms with Crippen LogP contribution < -0.4 is 9.47 Å². The van der Waals surface area contributed by atoms with Crippen LogP contribution in [-0.4, -0.2) is 24.4 Å². The highest BCUT2D eigenvalue weighted by Gasteiger charge is 2.21. The quantitative estimate of drug-likeness (QED) is 0.415. The lowest BCUT2D eigenvalue weighted by Gasteiger charge is -2.18. The van der Waals surface area contributed by atoms with Gasteiger partial charge in [0.15, 0.2) is 17.8 Å². The van der Waals surface area contributed by atoms with Crippen molar-refractivity contribution in [2.75, 3.05) is 13.2 Å². The van der Waals surface area contributed by atoms with E-state index in [1.807, 2.05) is 0 Å². The van der Waals surface area contributed by atoms with Gasteiger partial charge >= 0.3 is 0 Å². The molecule has 1 aliphatic heterocycles. The van der Waals surface area contributed by atoms with Gasteiger partial charge in [-0.05, 0) is 0 Å². The minimum absolute atomic E-state index is 0.138. The Morgan fingerprint density at radius 2 is 2.07 bits per heavy atom. The molecule has 0 N–H and O–H groups in total. The minimum atomic E-state index is -0.578. The standard InChI is InChI=1S/C9H7NO5/c11-5-6-3-7(10(12)13)4-8-9(6)15-2-1-14-8/h3-5H,1-2H2. The molecule has 1 aromatic carbocycles. The van der Waals surface area contributed by atoms with E-state index < -0.39 is 4.92 Å². The molecule has 1 aromatic rings. The van der Waals surface area contributed by atoms with Crippen molar-refractivity contribution in [2.45, 2.75) is 0 Å². The van der Waals surface area contributed by atoms with Crippen LogP contribution in [0.3, 0.4) is 0 Å². The zero-order valence-electron chi connectivity index (χ0n) is 7.63. The molecule has 78 valence electrons. The molecule has 0 aromatic heterocycles. The third-order valence-corrected chi connectivity index (χ3v) is 1.99. The zero-order valence-corrected chi connectivity index (χ0v) is 7.63. The fourth-order valence-electron chi connectivity index (χ4n) is 1.36. The minimum Gasteiger partial charge on any atom is -0.486 e. The summed E-state index contributed by atoms with van der Waals surface area (Å²) in [5.41, 5.74) is -0.0414. The summed E-state index contributed by atoms with van der Waals surface area (Å²) >= 11 is 0. The summed E-state index contributed by atoms with van der Waals surface area (Å²) in [6, 6.07) is 2.42. The molecule has 0 spiro atoms. The van der Waals surface area contributed by atoms with E-state index in [-0.39, 0.29) is 22.7 Å². The van der Waals surface area contributed by atoms with Crippen LogP contribution in [0.1, 0.15) is 10.4 Å². The number of nitrogens with zero attached hydrogens (tertiary/aromatic N) is 1. The molecule has 0 aliphatic carbocycles. The molecule has 0 saturated carbocycles. The molecule has 0 amide bonds. The van der Waals surface area contributed by atoms with Gasteiger partial charge in [0.1, 0.15) is 13.2 Å². The maximum Gasteiger partial charge on any atom is 0.274 e. The maximum atomic E-state index is 10.7. The Kier molecular flexibility index (Phi) is 2.24. The predicted molar refractivity (Wildman–Crippen MR) is 49.5 cm³/mol. The average molecular weight is 209 g/mol. The van der Waals surface area contributed by atoms with Crippen LogP contribution >= 0.6 is 0 Å². The first-order valence-corrected chi connectivity index (χ1v) is 4.25. The molecular formula is C9H7NO5. The number of rotatable bonds is 2. The van der Waals surface area contributed by atoms with Crippen LogP contribution in [0.15, 0.2) is 12.1 Å². The van der Waals surface area contributed by atoms with Crippen LogP contribution in [0.5, 0.6) is 11.5 Å². The first-order chi connectivity index (χ1) is 7.22. The molecule has 0 fully saturated rings. The molecule has 0 bridgehead atoms. The number of hydrogen-bond donors (Lipinski definition) is 0. The number of nitro benzene ring substituents is 1. The van der Waals surface area contributed by atoms with Crippen LogP contribution in [0.25, 0.3) is 0 Å². The summed E-state index contributed by atoms with van der Waals surface area (Å²) in [4.78, 5) is 20.7. The maximum absolute atomic E-state index is 10.7. The van der Waals surface area contributed by atoms with Gasteiger partial charge in [0, 0.05) is 6.07 Å². The molecule has 1 aliphatic rings. The summed E-state index contributed by atoms with van der Waals surface area (Å²) < 4.78 is 10.4. The van der Waals surface area contributed by atoms with E-state index >= 15 is 0 Å². The monoisotopic (exact) mass is 209 g/mol. The Balaban J connectivity index is 2.57. The van der Waals surface area contributed by atoms with Gasteiger partial charge < -0.3 is 9.47 Å². The molecule has 0 atom stereocenters. The van der Waals surface area contributed by atoms with E-state index in [1.54, 1.807) is 0 Å². The first-order valence-electron chi connectivity index (χ1n) is 4.25. The number of carbonyl (C=O) groups is 1. The van der Waals surface area contributed by atoms with Crippen LogP contribution in [0.2, 0.25) is 0 Å². The summed E-state index contributed by atoms with van der Waals surface area (Å²) in [5, 5.41) is 10.5. The normalized spacial score (nSPS) is 13.3. The van der Waals surface area contributed by atoms with E-state index in [9.17, 15) is 14.9 Å². The smallest absolute Gasteiger partial charge is 0.274 e. The zero-order chi connectivity index (χ0) is 10.8. The van der Waals surface area contributed by atoms with Crippen molar-refractivity contribution in [3.8, 4) is 11.5 Å². The lowest BCUT2D eigenvalue weighted by molar-refractivity contribution is -0.385. The van der Waals surface area contributed by atoms with Gasteiger partial charge in [0.25, 0.3) is 5.69 Å². The van der Waals surface area contributed by atoms with Crippen molar-refractivity contribution in [3.05, 3.63) is 27.8 Å². The topological polar surface area (TPSA) is 78.7 Å². The van der Waals surface area contributed by atoms with Crippen LogP contribution in [0, 0.1) is 10.1 Å². The number of fused-ring (bicyclic) bond motifs is 1. The van der Waals surface area contributed by atoms with Crippen molar-refractivity contribution in [2.24, 2.45) is 0 Å². The van der Waals surface area contributed by atoms with Crippen LogP contribution in [-0.2, 0) is 0 Å². The molecule has 1 heterocycles. The second-order valence-corrected chi connectivity index (χ2v) is 2.93. The van der Waals surface area contributed by atoms with Crippen molar-refractivity contribution in [3.63, 3.8) is 0 Å². The van der Waals surface area contributed by atoms with Gasteiger partial charge in [0.05, 0.1) is 16.6 Å². The Morgan fingerprint density at radius 1 is 1.33 bits per heavy atom. The molecular weight excluding hydrogens is 202 g/mol. The van der Waals surface area contributed by atoms with E-state index in [0.29, 0.717) is 19.5 Å². The van der Waals surface area contributed by atoms with E-state index in [4.69, 9.17) is 9.47 Å². The lowest BCUT2D eigenvalue weighted by Crippen LogP contribution is -2.16. The SMILES string of the molecule is O=Cc1cc([N+](=O)[O-])cc2c1OCCO2. The van der Waals surface area contributed by atoms with Gasteiger partial charge in [-0.2, -0.15) is 0 Å². The number of hydrogen-bond acceptors (Lipinski definition) is 5. The highest BCUT2D eigenvalue weighted by atomic mass is 16.6. The summed E-state index contributed by atoms with van der Waals surface area (Å²) in [6.07, 6.45) is 0.514. The van der Waals surface area contributed by atoms with E-state index in [0.717, 1.165) is 0 Å². The third-order valence-electron chi connectivity index (χ3n) is 1.99. The summed E-state index contributed by atoms with van der Waals surface area (Å²) in [5.74, 6) is 0.527. The van der Waals surface area contributed by atoms with Gasteiger partial charge in [-0.3, -0.25) is 14.9 Å². The molecule has 6 heteroatoms. The highest BCUT2D eigenvalue weighted by molar-refractivity contribution is 5.83. The summed E-state index contributed by atoms with van der Waals surface area (Å²) in [7, 11) is 0. The Bertz CT molecular complexity index is 429. The van der Waals surface area contributed by atoms with Gasteiger partial charge in [-0.1, -0.05) is 0 Å². The second-order valence-electron chi connectivity index (χ2n) is 2.93. The van der Waals surface area contributed by atoms with Gasteiger partial charge in [-0.25, -0.2) is 0 Å². The molecule has 15 heavy (non-hydrogen) atoms. The molecule has 0 saturated heterocycles. The van der Waals surface area contributed by atoms with E-state index in [2.05, 4.69) is 0 Å². The van der Waals surface area contributed by atoms with Crippen molar-refractivity contribution in [1.82, 2.24) is 0 Å².